The van der Waals surface area contributed by atoms with E-state index < -0.39 is 12.3 Å². The maximum Gasteiger partial charge on any atom is 0.573 e. The lowest BCUT2D eigenvalue weighted by atomic mass is 10.1. The maximum atomic E-state index is 12.4. The number of ether oxygens (including phenoxy) is 3. The first-order valence-corrected chi connectivity index (χ1v) is 7.17. The summed E-state index contributed by atoms with van der Waals surface area (Å²) >= 11 is 0. The van der Waals surface area contributed by atoms with Crippen LogP contribution in [0.4, 0.5) is 13.2 Å². The topological polar surface area (TPSA) is 56.8 Å². The Morgan fingerprint density at radius 3 is 2.20 bits per heavy atom. The average Bonchev–Trinajstić information content (AvgIpc) is 2.58. The summed E-state index contributed by atoms with van der Waals surface area (Å²) in [6.45, 7) is -0.134. The summed E-state index contributed by atoms with van der Waals surface area (Å²) in [4.78, 5) is 12.3. The molecule has 1 amide bonds. The number of hydrogen-bond acceptors (Lipinski definition) is 4. The SMILES string of the molecule is COc1cc(OC)cc(C(=O)NCc2ccccc2OC(F)(F)F)c1. The van der Waals surface area contributed by atoms with Crippen molar-refractivity contribution < 1.29 is 32.2 Å². The molecule has 2 rings (SSSR count). The minimum atomic E-state index is -4.81. The van der Waals surface area contributed by atoms with Crippen LogP contribution in [0.15, 0.2) is 42.5 Å². The first-order valence-electron chi connectivity index (χ1n) is 7.17. The Labute approximate surface area is 142 Å². The van der Waals surface area contributed by atoms with Gasteiger partial charge >= 0.3 is 6.36 Å². The molecule has 0 heterocycles. The molecule has 25 heavy (non-hydrogen) atoms. The van der Waals surface area contributed by atoms with Gasteiger partial charge in [-0.2, -0.15) is 0 Å². The third-order valence-electron chi connectivity index (χ3n) is 3.25. The van der Waals surface area contributed by atoms with Gasteiger partial charge in [-0.25, -0.2) is 0 Å². The van der Waals surface area contributed by atoms with Crippen molar-refractivity contribution in [1.82, 2.24) is 5.32 Å². The van der Waals surface area contributed by atoms with Crippen molar-refractivity contribution in [2.75, 3.05) is 14.2 Å². The number of hydrogen-bond donors (Lipinski definition) is 1. The number of halogens is 3. The fraction of sp³-hybridized carbons (Fsp3) is 0.235. The molecule has 8 heteroatoms. The summed E-state index contributed by atoms with van der Waals surface area (Å²) in [5.74, 6) is -0.00635. The molecule has 0 spiro atoms. The van der Waals surface area contributed by atoms with Crippen molar-refractivity contribution in [1.29, 1.82) is 0 Å². The van der Waals surface area contributed by atoms with Gasteiger partial charge in [-0.05, 0) is 18.2 Å². The number of methoxy groups -OCH3 is 2. The molecule has 2 aromatic carbocycles. The van der Waals surface area contributed by atoms with Gasteiger partial charge in [0.1, 0.15) is 17.2 Å². The van der Waals surface area contributed by atoms with Gasteiger partial charge in [0.2, 0.25) is 0 Å². The second-order valence-electron chi connectivity index (χ2n) is 4.94. The Morgan fingerprint density at radius 2 is 1.64 bits per heavy atom. The molecule has 0 saturated carbocycles. The molecule has 0 unspecified atom stereocenters. The van der Waals surface area contributed by atoms with Gasteiger partial charge in [0.05, 0.1) is 14.2 Å². The van der Waals surface area contributed by atoms with E-state index in [0.29, 0.717) is 11.5 Å². The second-order valence-corrected chi connectivity index (χ2v) is 4.94. The molecular formula is C17H16F3NO4. The van der Waals surface area contributed by atoms with Gasteiger partial charge in [0.15, 0.2) is 0 Å². The highest BCUT2D eigenvalue weighted by molar-refractivity contribution is 5.95. The molecule has 0 aliphatic heterocycles. The van der Waals surface area contributed by atoms with Crippen LogP contribution in [0.5, 0.6) is 17.2 Å². The van der Waals surface area contributed by atoms with Crippen LogP contribution in [0.1, 0.15) is 15.9 Å². The van der Waals surface area contributed by atoms with Gasteiger partial charge in [0.25, 0.3) is 5.91 Å². The molecule has 0 radical (unpaired) electrons. The van der Waals surface area contributed by atoms with E-state index in [4.69, 9.17) is 9.47 Å². The molecule has 134 valence electrons. The molecule has 0 fully saturated rings. The predicted molar refractivity (Wildman–Crippen MR) is 83.8 cm³/mol. The quantitative estimate of drug-likeness (QED) is 0.861. The average molecular weight is 355 g/mol. The van der Waals surface area contributed by atoms with E-state index in [-0.39, 0.29) is 23.4 Å². The lowest BCUT2D eigenvalue weighted by molar-refractivity contribution is -0.274. The van der Waals surface area contributed by atoms with Crippen LogP contribution in [-0.2, 0) is 6.54 Å². The van der Waals surface area contributed by atoms with E-state index >= 15 is 0 Å². The number of carbonyl (C=O) groups is 1. The normalized spacial score (nSPS) is 10.9. The van der Waals surface area contributed by atoms with Crippen LogP contribution in [-0.4, -0.2) is 26.5 Å². The number of rotatable bonds is 6. The smallest absolute Gasteiger partial charge is 0.497 e. The highest BCUT2D eigenvalue weighted by Gasteiger charge is 2.32. The molecule has 1 N–H and O–H groups in total. The van der Waals surface area contributed by atoms with Crippen molar-refractivity contribution in [3.63, 3.8) is 0 Å². The standard InChI is InChI=1S/C17H16F3NO4/c1-23-13-7-12(8-14(9-13)24-2)16(22)21-10-11-5-3-4-6-15(11)25-17(18,19)20/h3-9H,10H2,1-2H3,(H,21,22). The first kappa shape index (κ1) is 18.4. The zero-order valence-corrected chi connectivity index (χ0v) is 13.5. The molecule has 2 aromatic rings. The largest absolute Gasteiger partial charge is 0.573 e. The number of amides is 1. The number of para-hydroxylation sites is 1. The van der Waals surface area contributed by atoms with Crippen LogP contribution in [0.2, 0.25) is 0 Å². The molecule has 5 nitrogen and oxygen atoms in total. The summed E-state index contributed by atoms with van der Waals surface area (Å²) in [6, 6.07) is 10.2. The first-order chi connectivity index (χ1) is 11.8. The third kappa shape index (κ3) is 5.30. The number of nitrogens with one attached hydrogen (secondary N) is 1. The zero-order chi connectivity index (χ0) is 18.4. The lowest BCUT2D eigenvalue weighted by Crippen LogP contribution is -2.24. The summed E-state index contributed by atoms with van der Waals surface area (Å²) in [5.41, 5.74) is 0.452. The summed E-state index contributed by atoms with van der Waals surface area (Å²) in [7, 11) is 2.89. The van der Waals surface area contributed by atoms with E-state index in [1.165, 1.54) is 44.6 Å². The van der Waals surface area contributed by atoms with Gasteiger partial charge in [-0.15, -0.1) is 13.2 Å². The molecule has 0 atom stereocenters. The number of carbonyl (C=O) groups excluding carboxylic acids is 1. The number of alkyl halides is 3. The third-order valence-corrected chi connectivity index (χ3v) is 3.25. The van der Waals surface area contributed by atoms with Gasteiger partial charge in [-0.1, -0.05) is 18.2 Å². The second kappa shape index (κ2) is 7.78. The van der Waals surface area contributed by atoms with Gasteiger partial charge in [-0.3, -0.25) is 4.79 Å². The Hall–Kier alpha value is -2.90. The zero-order valence-electron chi connectivity index (χ0n) is 13.5. The summed E-state index contributed by atoms with van der Waals surface area (Å²) < 4.78 is 51.4. The van der Waals surface area contributed by atoms with Crippen molar-refractivity contribution in [2.45, 2.75) is 12.9 Å². The minimum Gasteiger partial charge on any atom is -0.497 e. The summed E-state index contributed by atoms with van der Waals surface area (Å²) in [6.07, 6.45) is -4.81. The maximum absolute atomic E-state index is 12.4. The van der Waals surface area contributed by atoms with E-state index in [9.17, 15) is 18.0 Å². The van der Waals surface area contributed by atoms with Crippen molar-refractivity contribution in [3.8, 4) is 17.2 Å². The lowest BCUT2D eigenvalue weighted by Gasteiger charge is -2.14. The van der Waals surface area contributed by atoms with Gasteiger partial charge in [0, 0.05) is 23.7 Å². The van der Waals surface area contributed by atoms with Gasteiger partial charge < -0.3 is 19.5 Å². The monoisotopic (exact) mass is 355 g/mol. The molecule has 0 bridgehead atoms. The van der Waals surface area contributed by atoms with Crippen LogP contribution >= 0.6 is 0 Å². The van der Waals surface area contributed by atoms with Crippen molar-refractivity contribution in [3.05, 3.63) is 53.6 Å². The van der Waals surface area contributed by atoms with Crippen molar-refractivity contribution >= 4 is 5.91 Å². The highest BCUT2D eigenvalue weighted by Crippen LogP contribution is 2.26. The Balaban J connectivity index is 2.13. The fourth-order valence-corrected chi connectivity index (χ4v) is 2.09. The van der Waals surface area contributed by atoms with E-state index in [2.05, 4.69) is 10.1 Å². The Bertz CT molecular complexity index is 725. The van der Waals surface area contributed by atoms with Crippen LogP contribution in [0.25, 0.3) is 0 Å². The van der Waals surface area contributed by atoms with Crippen LogP contribution < -0.4 is 19.5 Å². The molecule has 0 aliphatic carbocycles. The predicted octanol–water partition coefficient (Wildman–Crippen LogP) is 3.53. The van der Waals surface area contributed by atoms with E-state index in [1.54, 1.807) is 12.1 Å². The highest BCUT2D eigenvalue weighted by atomic mass is 19.4. The number of benzene rings is 2. The van der Waals surface area contributed by atoms with E-state index in [0.717, 1.165) is 0 Å². The molecule has 0 aromatic heterocycles. The molecule has 0 aliphatic rings. The molecular weight excluding hydrogens is 339 g/mol. The molecule has 0 saturated heterocycles. The van der Waals surface area contributed by atoms with Crippen LogP contribution in [0.3, 0.4) is 0 Å². The minimum absolute atomic E-state index is 0.134. The Morgan fingerprint density at radius 1 is 1.04 bits per heavy atom. The van der Waals surface area contributed by atoms with Crippen LogP contribution in [0, 0.1) is 0 Å². The van der Waals surface area contributed by atoms with Crippen molar-refractivity contribution in [2.24, 2.45) is 0 Å². The van der Waals surface area contributed by atoms with E-state index in [1.807, 2.05) is 0 Å². The Kier molecular flexibility index (Phi) is 5.74. The summed E-state index contributed by atoms with van der Waals surface area (Å²) in [5, 5.41) is 2.55. The fourth-order valence-electron chi connectivity index (χ4n) is 2.09.